The lowest BCUT2D eigenvalue weighted by atomic mass is 9.72. The molecular weight excluding hydrogens is 684 g/mol. The molecule has 11 nitrogen and oxygen atoms in total. The van der Waals surface area contributed by atoms with E-state index in [4.69, 9.17) is 15.2 Å². The number of phenolic OH excluding ortho intramolecular Hbond substituents is 1. The molecule has 3 aromatic carbocycles. The average Bonchev–Trinajstić information content (AvgIpc) is 3.21. The van der Waals surface area contributed by atoms with Crippen molar-refractivity contribution in [2.75, 3.05) is 39.3 Å². The third kappa shape index (κ3) is 9.32. The van der Waals surface area contributed by atoms with Crippen molar-refractivity contribution in [1.82, 2.24) is 15.2 Å². The molecule has 1 saturated carbocycles. The zero-order valence-corrected chi connectivity index (χ0v) is 31.0. The van der Waals surface area contributed by atoms with E-state index in [1.807, 2.05) is 47.4 Å². The van der Waals surface area contributed by atoms with E-state index in [2.05, 4.69) is 10.3 Å². The lowest BCUT2D eigenvalue weighted by molar-refractivity contribution is -0.161. The summed E-state index contributed by atoms with van der Waals surface area (Å²) in [6.07, 6.45) is 8.19. The number of H-pyrrole nitrogens is 1. The van der Waals surface area contributed by atoms with Crippen LogP contribution in [0.25, 0.3) is 10.9 Å². The molecule has 4 aromatic rings. The molecule has 0 unspecified atom stereocenters. The van der Waals surface area contributed by atoms with Crippen LogP contribution in [0, 0.1) is 5.92 Å². The van der Waals surface area contributed by atoms with E-state index in [9.17, 15) is 24.6 Å². The summed E-state index contributed by atoms with van der Waals surface area (Å²) in [5.41, 5.74) is 7.47. The second-order valence-electron chi connectivity index (χ2n) is 14.8. The van der Waals surface area contributed by atoms with E-state index in [1.165, 1.54) is 18.6 Å². The first-order valence-corrected chi connectivity index (χ1v) is 19.5. The number of carbonyl (C=O) groups is 2. The van der Waals surface area contributed by atoms with Gasteiger partial charge in [-0.05, 0) is 105 Å². The number of unbranched alkanes of at least 4 members (excludes halogenated alkanes) is 2. The number of benzene rings is 3. The Bertz CT molecular complexity index is 1880. The maximum atomic E-state index is 14.0. The second kappa shape index (κ2) is 18.6. The molecule has 0 spiro atoms. The molecule has 11 heteroatoms. The largest absolute Gasteiger partial charge is 0.506 e. The van der Waals surface area contributed by atoms with Gasteiger partial charge in [-0.25, -0.2) is 0 Å². The molecule has 2 heterocycles. The average molecular weight is 739 g/mol. The van der Waals surface area contributed by atoms with Crippen LogP contribution in [0.4, 0.5) is 0 Å². The van der Waals surface area contributed by atoms with Crippen LogP contribution in [0.15, 0.2) is 83.7 Å². The molecule has 54 heavy (non-hydrogen) atoms. The number of ether oxygens (including phenoxy) is 2. The molecule has 2 atom stereocenters. The maximum absolute atomic E-state index is 14.0. The van der Waals surface area contributed by atoms with Crippen molar-refractivity contribution in [2.24, 2.45) is 11.7 Å². The number of hydrogen-bond donors (Lipinski definition) is 5. The van der Waals surface area contributed by atoms with E-state index in [0.717, 1.165) is 57.1 Å². The van der Waals surface area contributed by atoms with Crippen LogP contribution in [-0.2, 0) is 14.9 Å². The highest BCUT2D eigenvalue weighted by Crippen LogP contribution is 2.39. The summed E-state index contributed by atoms with van der Waals surface area (Å²) in [6.45, 7) is 2.82. The van der Waals surface area contributed by atoms with Gasteiger partial charge in [-0.2, -0.15) is 0 Å². The predicted molar refractivity (Wildman–Crippen MR) is 209 cm³/mol. The Hall–Kier alpha value is -4.71. The van der Waals surface area contributed by atoms with Gasteiger partial charge >= 0.3 is 5.97 Å². The molecule has 2 aliphatic rings. The highest BCUT2D eigenvalue weighted by molar-refractivity contribution is 5.95. The summed E-state index contributed by atoms with van der Waals surface area (Å²) < 4.78 is 12.2. The van der Waals surface area contributed by atoms with Gasteiger partial charge in [-0.15, -0.1) is 0 Å². The van der Waals surface area contributed by atoms with Gasteiger partial charge in [-0.3, -0.25) is 14.4 Å². The minimum absolute atomic E-state index is 0.0333. The van der Waals surface area contributed by atoms with Crippen molar-refractivity contribution in [2.45, 2.75) is 81.8 Å². The lowest BCUT2D eigenvalue weighted by Crippen LogP contribution is -2.51. The summed E-state index contributed by atoms with van der Waals surface area (Å²) in [7, 11) is 0. The van der Waals surface area contributed by atoms with E-state index in [0.29, 0.717) is 79.3 Å². The fraction of sp³-hybridized carbons (Fsp3) is 0.465. The molecule has 1 saturated heterocycles. The minimum atomic E-state index is -0.818. The number of esters is 1. The van der Waals surface area contributed by atoms with E-state index < -0.39 is 11.5 Å². The van der Waals surface area contributed by atoms with E-state index >= 15 is 0 Å². The first-order chi connectivity index (χ1) is 26.3. The molecule has 1 amide bonds. The van der Waals surface area contributed by atoms with Crippen molar-refractivity contribution in [3.63, 3.8) is 0 Å². The van der Waals surface area contributed by atoms with Gasteiger partial charge in [0.25, 0.3) is 5.91 Å². The van der Waals surface area contributed by atoms with Crippen molar-refractivity contribution in [1.29, 1.82) is 0 Å². The fourth-order valence-electron chi connectivity index (χ4n) is 8.05. The number of rotatable bonds is 16. The molecule has 2 fully saturated rings. The number of aromatic nitrogens is 1. The number of nitrogens with zero attached hydrogens (tertiary/aromatic N) is 1. The van der Waals surface area contributed by atoms with Crippen LogP contribution in [-0.4, -0.2) is 77.4 Å². The minimum Gasteiger partial charge on any atom is -0.506 e. The standard InChI is InChI=1S/C43H54N4O7/c44-28-38(30-10-4-1-5-11-30)54-42(52)43(32-12-6-2-7-13-32)22-25-47(26-23-43)41(51)31-14-16-33(17-15-31)53-27-9-3-8-24-45-29-37(49)34-18-20-36(48)40-35(34)19-21-39(50)46-40/h2,6-7,12-21,30,37-38,45,48-49H,1,3-5,8-11,22-29,44H2,(H,46,50)/t37-,38-/m0/s1. The zero-order chi connectivity index (χ0) is 37.9. The first-order valence-electron chi connectivity index (χ1n) is 19.5. The highest BCUT2D eigenvalue weighted by atomic mass is 16.5. The van der Waals surface area contributed by atoms with Gasteiger partial charge in [0.1, 0.15) is 17.6 Å². The highest BCUT2D eigenvalue weighted by Gasteiger charge is 2.46. The molecule has 1 aliphatic heterocycles. The molecule has 0 radical (unpaired) electrons. The second-order valence-corrected chi connectivity index (χ2v) is 14.8. The Kier molecular flexibility index (Phi) is 13.4. The van der Waals surface area contributed by atoms with Crippen LogP contribution < -0.4 is 21.3 Å². The monoisotopic (exact) mass is 738 g/mol. The molecular formula is C43H54N4O7. The summed E-state index contributed by atoms with van der Waals surface area (Å²) >= 11 is 0. The number of aliphatic hydroxyl groups excluding tert-OH is 1. The topological polar surface area (TPSA) is 167 Å². The number of aromatic amines is 1. The van der Waals surface area contributed by atoms with Crippen LogP contribution in [0.3, 0.4) is 0 Å². The summed E-state index contributed by atoms with van der Waals surface area (Å²) in [6, 6.07) is 23.2. The Labute approximate surface area is 316 Å². The quantitative estimate of drug-likeness (QED) is 0.0713. The van der Waals surface area contributed by atoms with E-state index in [-0.39, 0.29) is 29.3 Å². The number of hydrogen-bond acceptors (Lipinski definition) is 9. The number of nitrogens with one attached hydrogen (secondary N) is 2. The molecule has 288 valence electrons. The number of amides is 1. The van der Waals surface area contributed by atoms with Gasteiger partial charge in [0.2, 0.25) is 5.56 Å². The number of aromatic hydroxyl groups is 1. The van der Waals surface area contributed by atoms with Gasteiger partial charge in [-0.1, -0.05) is 55.7 Å². The number of phenols is 1. The number of piperidine rings is 1. The SMILES string of the molecule is NC[C@H](OC(=O)C1(c2ccccc2)CCN(C(=O)c2ccc(OCCCCCNC[C@H](O)c3ccc(O)c4[nH]c(=O)ccc34)cc2)CC1)C1CCCCC1. The number of nitrogens with two attached hydrogens (primary N) is 1. The third-order valence-corrected chi connectivity index (χ3v) is 11.3. The first kappa shape index (κ1) is 39.0. The zero-order valence-electron chi connectivity index (χ0n) is 31.0. The van der Waals surface area contributed by atoms with Crippen molar-refractivity contribution < 1.29 is 29.3 Å². The number of pyridine rings is 1. The molecule has 6 rings (SSSR count). The van der Waals surface area contributed by atoms with Crippen LogP contribution in [0.2, 0.25) is 0 Å². The number of carbonyl (C=O) groups excluding carboxylic acids is 2. The van der Waals surface area contributed by atoms with Gasteiger partial charge < -0.3 is 40.6 Å². The summed E-state index contributed by atoms with van der Waals surface area (Å²) in [4.78, 5) is 43.7. The van der Waals surface area contributed by atoms with Gasteiger partial charge in [0.05, 0.1) is 23.6 Å². The van der Waals surface area contributed by atoms with Crippen LogP contribution in [0.5, 0.6) is 11.5 Å². The molecule has 1 aromatic heterocycles. The number of aliphatic hydroxyl groups is 1. The Morgan fingerprint density at radius 2 is 1.67 bits per heavy atom. The maximum Gasteiger partial charge on any atom is 0.317 e. The van der Waals surface area contributed by atoms with Crippen LogP contribution in [0.1, 0.15) is 91.8 Å². The predicted octanol–water partition coefficient (Wildman–Crippen LogP) is 5.73. The Morgan fingerprint density at radius 1 is 0.926 bits per heavy atom. The summed E-state index contributed by atoms with van der Waals surface area (Å²) in [5, 5.41) is 24.7. The van der Waals surface area contributed by atoms with Crippen LogP contribution >= 0.6 is 0 Å². The normalized spacial score (nSPS) is 17.2. The van der Waals surface area contributed by atoms with E-state index in [1.54, 1.807) is 24.3 Å². The van der Waals surface area contributed by atoms with Gasteiger partial charge in [0, 0.05) is 43.2 Å². The Balaban J connectivity index is 0.926. The Morgan fingerprint density at radius 3 is 2.39 bits per heavy atom. The molecule has 6 N–H and O–H groups in total. The molecule has 1 aliphatic carbocycles. The lowest BCUT2D eigenvalue weighted by Gasteiger charge is -2.41. The molecule has 0 bridgehead atoms. The van der Waals surface area contributed by atoms with Crippen molar-refractivity contribution in [3.05, 3.63) is 106 Å². The third-order valence-electron chi connectivity index (χ3n) is 11.3. The van der Waals surface area contributed by atoms with Gasteiger partial charge in [0.15, 0.2) is 0 Å². The number of fused-ring (bicyclic) bond motifs is 1. The van der Waals surface area contributed by atoms with Crippen molar-refractivity contribution in [3.8, 4) is 11.5 Å². The smallest absolute Gasteiger partial charge is 0.317 e. The fourth-order valence-corrected chi connectivity index (χ4v) is 8.05. The summed E-state index contributed by atoms with van der Waals surface area (Å²) in [5.74, 6) is 0.684. The van der Waals surface area contributed by atoms with Crippen molar-refractivity contribution >= 4 is 22.8 Å². The number of likely N-dealkylation sites (tertiary alicyclic amines) is 1.